The molecule has 0 saturated heterocycles. The van der Waals surface area contributed by atoms with Crippen LogP contribution in [-0.4, -0.2) is 30.8 Å². The van der Waals surface area contributed by atoms with E-state index in [1.807, 2.05) is 19.1 Å². The Morgan fingerprint density at radius 1 is 1.19 bits per heavy atom. The lowest BCUT2D eigenvalue weighted by molar-refractivity contribution is 0.0952. The minimum absolute atomic E-state index is 0.168. The molecule has 2 aromatic carbocycles. The van der Waals surface area contributed by atoms with E-state index in [9.17, 15) is 9.90 Å². The molecular weight excluding hydrogens is 330 g/mol. The molecule has 0 fully saturated rings. The third-order valence-electron chi connectivity index (χ3n) is 3.76. The molecule has 0 bridgehead atoms. The number of amides is 1. The number of ether oxygens (including phenoxy) is 2. The highest BCUT2D eigenvalue weighted by atomic mass is 16.5. The first kappa shape index (κ1) is 19.4. The summed E-state index contributed by atoms with van der Waals surface area (Å²) in [6, 6.07) is 12.3. The van der Waals surface area contributed by atoms with Crippen molar-refractivity contribution in [1.82, 2.24) is 5.32 Å². The van der Waals surface area contributed by atoms with Crippen LogP contribution >= 0.6 is 0 Å². The number of para-hydroxylation sites is 1. The van der Waals surface area contributed by atoms with Crippen LogP contribution < -0.4 is 14.8 Å². The highest BCUT2D eigenvalue weighted by Gasteiger charge is 2.11. The van der Waals surface area contributed by atoms with Crippen LogP contribution in [0.3, 0.4) is 0 Å². The van der Waals surface area contributed by atoms with Gasteiger partial charge in [-0.25, -0.2) is 0 Å². The van der Waals surface area contributed by atoms with E-state index in [2.05, 4.69) is 11.9 Å². The van der Waals surface area contributed by atoms with Crippen LogP contribution in [0, 0.1) is 0 Å². The Balaban J connectivity index is 1.90. The Labute approximate surface area is 154 Å². The van der Waals surface area contributed by atoms with Crippen LogP contribution in [0.5, 0.6) is 17.2 Å². The number of aromatic hydroxyl groups is 1. The number of nitrogens with one attached hydrogen (secondary N) is 1. The number of carbonyl (C=O) groups excluding carboxylic acids is 1. The fourth-order valence-corrected chi connectivity index (χ4v) is 2.49. The first-order valence-corrected chi connectivity index (χ1v) is 8.71. The van der Waals surface area contributed by atoms with Gasteiger partial charge in [0, 0.05) is 12.1 Å². The van der Waals surface area contributed by atoms with Crippen molar-refractivity contribution in [3.05, 3.63) is 66.2 Å². The van der Waals surface area contributed by atoms with Crippen LogP contribution in [0.1, 0.15) is 29.3 Å². The second-order valence-corrected chi connectivity index (χ2v) is 5.68. The number of aryl methyl sites for hydroxylation is 1. The van der Waals surface area contributed by atoms with Gasteiger partial charge in [-0.3, -0.25) is 4.79 Å². The average molecular weight is 355 g/mol. The largest absolute Gasteiger partial charge is 0.508 e. The summed E-state index contributed by atoms with van der Waals surface area (Å²) in [4.78, 5) is 12.3. The van der Waals surface area contributed by atoms with Gasteiger partial charge in [-0.05, 0) is 49.6 Å². The molecular formula is C21H25NO4. The van der Waals surface area contributed by atoms with E-state index in [-0.39, 0.29) is 11.7 Å². The quantitative estimate of drug-likeness (QED) is 0.503. The molecule has 138 valence electrons. The van der Waals surface area contributed by atoms with E-state index in [4.69, 9.17) is 9.47 Å². The van der Waals surface area contributed by atoms with Crippen molar-refractivity contribution in [3.63, 3.8) is 0 Å². The molecule has 0 aromatic heterocycles. The maximum atomic E-state index is 12.3. The molecule has 0 saturated carbocycles. The van der Waals surface area contributed by atoms with E-state index in [1.165, 1.54) is 0 Å². The number of phenols is 1. The van der Waals surface area contributed by atoms with Crippen LogP contribution in [0.15, 0.2) is 55.1 Å². The zero-order valence-corrected chi connectivity index (χ0v) is 15.0. The van der Waals surface area contributed by atoms with Gasteiger partial charge in [0.25, 0.3) is 5.91 Å². The third kappa shape index (κ3) is 5.55. The zero-order chi connectivity index (χ0) is 18.8. The predicted molar refractivity (Wildman–Crippen MR) is 102 cm³/mol. The standard InChI is InChI=1S/C21H25NO4/c1-3-14-26-19-12-11-17(15-20(19)25-4-2)21(24)22-13-7-9-16-8-5-6-10-18(16)23/h3,5-6,8,10-12,15,23H,1,4,7,9,13-14H2,2H3,(H,22,24). The summed E-state index contributed by atoms with van der Waals surface area (Å²) in [6.07, 6.45) is 3.09. The van der Waals surface area contributed by atoms with Crippen LogP contribution in [-0.2, 0) is 6.42 Å². The van der Waals surface area contributed by atoms with Gasteiger partial charge < -0.3 is 19.9 Å². The van der Waals surface area contributed by atoms with E-state index in [0.717, 1.165) is 12.0 Å². The van der Waals surface area contributed by atoms with Crippen LogP contribution in [0.4, 0.5) is 0 Å². The average Bonchev–Trinajstić information content (AvgIpc) is 2.65. The molecule has 0 spiro atoms. The summed E-state index contributed by atoms with van der Waals surface area (Å²) in [7, 11) is 0. The van der Waals surface area contributed by atoms with E-state index in [0.29, 0.717) is 43.2 Å². The molecule has 5 nitrogen and oxygen atoms in total. The fourth-order valence-electron chi connectivity index (χ4n) is 2.49. The van der Waals surface area contributed by atoms with Gasteiger partial charge in [0.2, 0.25) is 0 Å². The molecule has 0 aliphatic heterocycles. The smallest absolute Gasteiger partial charge is 0.251 e. The highest BCUT2D eigenvalue weighted by molar-refractivity contribution is 5.94. The third-order valence-corrected chi connectivity index (χ3v) is 3.76. The Hall–Kier alpha value is -2.95. The molecule has 2 N–H and O–H groups in total. The molecule has 0 aliphatic rings. The summed E-state index contributed by atoms with van der Waals surface area (Å²) in [5, 5.41) is 12.6. The summed E-state index contributed by atoms with van der Waals surface area (Å²) in [5.41, 5.74) is 1.39. The molecule has 2 aromatic rings. The van der Waals surface area contributed by atoms with Gasteiger partial charge in [0.15, 0.2) is 11.5 Å². The van der Waals surface area contributed by atoms with E-state index in [1.54, 1.807) is 36.4 Å². The summed E-state index contributed by atoms with van der Waals surface area (Å²) >= 11 is 0. The fraction of sp³-hybridized carbons (Fsp3) is 0.286. The summed E-state index contributed by atoms with van der Waals surface area (Å²) in [6.45, 7) is 6.87. The normalized spacial score (nSPS) is 10.2. The molecule has 0 aliphatic carbocycles. The zero-order valence-electron chi connectivity index (χ0n) is 15.0. The van der Waals surface area contributed by atoms with Crippen molar-refractivity contribution in [3.8, 4) is 17.2 Å². The minimum Gasteiger partial charge on any atom is -0.508 e. The van der Waals surface area contributed by atoms with Gasteiger partial charge >= 0.3 is 0 Å². The molecule has 0 heterocycles. The molecule has 2 rings (SSSR count). The Morgan fingerprint density at radius 3 is 2.73 bits per heavy atom. The van der Waals surface area contributed by atoms with Crippen molar-refractivity contribution in [2.45, 2.75) is 19.8 Å². The summed E-state index contributed by atoms with van der Waals surface area (Å²) < 4.78 is 11.1. The number of rotatable bonds is 10. The van der Waals surface area contributed by atoms with Crippen molar-refractivity contribution in [1.29, 1.82) is 0 Å². The van der Waals surface area contributed by atoms with Gasteiger partial charge in [-0.15, -0.1) is 0 Å². The Morgan fingerprint density at radius 2 is 2.00 bits per heavy atom. The maximum Gasteiger partial charge on any atom is 0.251 e. The first-order valence-electron chi connectivity index (χ1n) is 8.71. The van der Waals surface area contributed by atoms with Gasteiger partial charge in [-0.2, -0.15) is 0 Å². The Kier molecular flexibility index (Phi) is 7.55. The number of phenolic OH excluding ortho intramolecular Hbond substituents is 1. The topological polar surface area (TPSA) is 67.8 Å². The van der Waals surface area contributed by atoms with Gasteiger partial charge in [0.05, 0.1) is 6.61 Å². The predicted octanol–water partition coefficient (Wildman–Crippen LogP) is 3.72. The second kappa shape index (κ2) is 10.1. The lowest BCUT2D eigenvalue weighted by atomic mass is 10.1. The van der Waals surface area contributed by atoms with Crippen molar-refractivity contribution < 1.29 is 19.4 Å². The molecule has 26 heavy (non-hydrogen) atoms. The lowest BCUT2D eigenvalue weighted by Crippen LogP contribution is -2.24. The molecule has 0 unspecified atom stereocenters. The monoisotopic (exact) mass is 355 g/mol. The van der Waals surface area contributed by atoms with E-state index >= 15 is 0 Å². The van der Waals surface area contributed by atoms with Crippen molar-refractivity contribution in [2.75, 3.05) is 19.8 Å². The Bertz CT molecular complexity index is 743. The van der Waals surface area contributed by atoms with Crippen LogP contribution in [0.25, 0.3) is 0 Å². The maximum absolute atomic E-state index is 12.3. The number of hydrogen-bond acceptors (Lipinski definition) is 4. The van der Waals surface area contributed by atoms with Gasteiger partial charge in [-0.1, -0.05) is 30.9 Å². The van der Waals surface area contributed by atoms with Crippen molar-refractivity contribution >= 4 is 5.91 Å². The van der Waals surface area contributed by atoms with Crippen LogP contribution in [0.2, 0.25) is 0 Å². The number of hydrogen-bond donors (Lipinski definition) is 2. The molecule has 5 heteroatoms. The SMILES string of the molecule is C=CCOc1ccc(C(=O)NCCCc2ccccc2O)cc1OCC. The molecule has 1 amide bonds. The number of benzene rings is 2. The summed E-state index contributed by atoms with van der Waals surface area (Å²) in [5.74, 6) is 1.24. The lowest BCUT2D eigenvalue weighted by Gasteiger charge is -2.12. The van der Waals surface area contributed by atoms with Gasteiger partial charge in [0.1, 0.15) is 12.4 Å². The molecule has 0 atom stereocenters. The van der Waals surface area contributed by atoms with E-state index < -0.39 is 0 Å². The number of carbonyl (C=O) groups is 1. The molecule has 0 radical (unpaired) electrons. The minimum atomic E-state index is -0.168. The second-order valence-electron chi connectivity index (χ2n) is 5.68. The van der Waals surface area contributed by atoms with Crippen molar-refractivity contribution in [2.24, 2.45) is 0 Å². The first-order chi connectivity index (χ1) is 12.7. The highest BCUT2D eigenvalue weighted by Crippen LogP contribution is 2.28.